The minimum Gasteiger partial charge on any atom is -0.321 e. The summed E-state index contributed by atoms with van der Waals surface area (Å²) in [4.78, 5) is 21.8. The molecule has 0 fully saturated rings. The van der Waals surface area contributed by atoms with E-state index < -0.39 is 0 Å². The molecule has 118 valence electrons. The maximum atomic E-state index is 12.4. The summed E-state index contributed by atoms with van der Waals surface area (Å²) in [5.41, 5.74) is 2.74. The summed E-state index contributed by atoms with van der Waals surface area (Å²) >= 11 is 3.01. The fourth-order valence-corrected chi connectivity index (χ4v) is 4.09. The van der Waals surface area contributed by atoms with Crippen LogP contribution in [0.1, 0.15) is 14.7 Å². The molecule has 1 N–H and O–H groups in total. The van der Waals surface area contributed by atoms with E-state index in [1.807, 2.05) is 55.5 Å². The van der Waals surface area contributed by atoms with Gasteiger partial charge in [-0.25, -0.2) is 9.97 Å². The zero-order valence-corrected chi connectivity index (χ0v) is 14.4. The summed E-state index contributed by atoms with van der Waals surface area (Å²) in [6.07, 6.45) is 1.62. The van der Waals surface area contributed by atoms with Crippen molar-refractivity contribution in [2.24, 2.45) is 0 Å². The maximum absolute atomic E-state index is 12.4. The van der Waals surface area contributed by atoms with Crippen LogP contribution in [0.4, 0.5) is 5.69 Å². The molecule has 6 heteroatoms. The van der Waals surface area contributed by atoms with Crippen LogP contribution >= 0.6 is 22.7 Å². The highest BCUT2D eigenvalue weighted by Gasteiger charge is 2.12. The third-order valence-electron chi connectivity index (χ3n) is 3.50. The van der Waals surface area contributed by atoms with Crippen LogP contribution in [0.25, 0.3) is 20.8 Å². The normalized spacial score (nSPS) is 10.9. The number of fused-ring (bicyclic) bond motifs is 1. The van der Waals surface area contributed by atoms with Gasteiger partial charge in [0.25, 0.3) is 5.91 Å². The first kappa shape index (κ1) is 15.0. The summed E-state index contributed by atoms with van der Waals surface area (Å²) in [5.74, 6) is -0.143. The maximum Gasteiger partial charge on any atom is 0.267 e. The number of amides is 1. The minimum absolute atomic E-state index is 0.143. The van der Waals surface area contributed by atoms with E-state index in [9.17, 15) is 4.79 Å². The zero-order valence-electron chi connectivity index (χ0n) is 12.8. The molecule has 1 amide bonds. The first-order valence-electron chi connectivity index (χ1n) is 7.39. The number of rotatable bonds is 3. The van der Waals surface area contributed by atoms with Gasteiger partial charge in [-0.05, 0) is 25.1 Å². The Balaban J connectivity index is 1.56. The summed E-state index contributed by atoms with van der Waals surface area (Å²) in [6, 6.07) is 15.6. The van der Waals surface area contributed by atoms with E-state index in [1.54, 1.807) is 17.5 Å². The highest BCUT2D eigenvalue weighted by atomic mass is 32.1. The monoisotopic (exact) mass is 351 g/mol. The van der Waals surface area contributed by atoms with Gasteiger partial charge in [-0.15, -0.1) is 22.7 Å². The molecule has 0 radical (unpaired) electrons. The second-order valence-electron chi connectivity index (χ2n) is 5.27. The number of nitrogens with zero attached hydrogens (tertiary/aromatic N) is 2. The van der Waals surface area contributed by atoms with Crippen molar-refractivity contribution in [2.45, 2.75) is 6.92 Å². The molecule has 0 saturated carbocycles. The molecule has 4 aromatic rings. The summed E-state index contributed by atoms with van der Waals surface area (Å²) < 4.78 is 1.07. The number of carbonyl (C=O) groups is 1. The minimum atomic E-state index is -0.143. The Kier molecular flexibility index (Phi) is 3.84. The molecule has 2 aromatic heterocycles. The number of aryl methyl sites for hydroxylation is 1. The number of carbonyl (C=O) groups excluding carboxylic acids is 1. The van der Waals surface area contributed by atoms with Crippen LogP contribution in [0.15, 0.2) is 54.7 Å². The van der Waals surface area contributed by atoms with Crippen LogP contribution in [-0.2, 0) is 0 Å². The Morgan fingerprint density at radius 2 is 1.92 bits per heavy atom. The summed E-state index contributed by atoms with van der Waals surface area (Å²) in [7, 11) is 0. The lowest BCUT2D eigenvalue weighted by Crippen LogP contribution is -2.09. The van der Waals surface area contributed by atoms with Crippen LogP contribution in [0.2, 0.25) is 0 Å². The Bertz CT molecular complexity index is 1020. The van der Waals surface area contributed by atoms with E-state index in [0.717, 1.165) is 31.5 Å². The van der Waals surface area contributed by atoms with Gasteiger partial charge in [0.05, 0.1) is 21.4 Å². The van der Waals surface area contributed by atoms with E-state index in [1.165, 1.54) is 11.3 Å². The van der Waals surface area contributed by atoms with E-state index in [2.05, 4.69) is 15.3 Å². The van der Waals surface area contributed by atoms with Gasteiger partial charge in [-0.1, -0.05) is 30.3 Å². The summed E-state index contributed by atoms with van der Waals surface area (Å²) in [5, 5.41) is 4.79. The van der Waals surface area contributed by atoms with E-state index in [0.29, 0.717) is 4.88 Å². The molecule has 4 nitrogen and oxygen atoms in total. The lowest BCUT2D eigenvalue weighted by atomic mass is 10.2. The Morgan fingerprint density at radius 3 is 2.75 bits per heavy atom. The second kappa shape index (κ2) is 6.14. The number of benzene rings is 2. The number of hydrogen-bond donors (Lipinski definition) is 1. The lowest BCUT2D eigenvalue weighted by Gasteiger charge is -2.02. The third-order valence-corrected chi connectivity index (χ3v) is 5.48. The Hall–Kier alpha value is -2.57. The average Bonchev–Trinajstić information content (AvgIpc) is 3.21. The highest BCUT2D eigenvalue weighted by molar-refractivity contribution is 7.18. The van der Waals surface area contributed by atoms with Crippen molar-refractivity contribution in [2.75, 3.05) is 5.32 Å². The van der Waals surface area contributed by atoms with Gasteiger partial charge >= 0.3 is 0 Å². The quantitative estimate of drug-likeness (QED) is 0.566. The topological polar surface area (TPSA) is 54.9 Å². The number of aromatic nitrogens is 2. The van der Waals surface area contributed by atoms with Crippen molar-refractivity contribution in [1.82, 2.24) is 9.97 Å². The van der Waals surface area contributed by atoms with Crippen LogP contribution in [0.3, 0.4) is 0 Å². The summed E-state index contributed by atoms with van der Waals surface area (Å²) in [6.45, 7) is 1.98. The van der Waals surface area contributed by atoms with Gasteiger partial charge in [-0.2, -0.15) is 0 Å². The van der Waals surface area contributed by atoms with E-state index in [-0.39, 0.29) is 5.91 Å². The van der Waals surface area contributed by atoms with E-state index in [4.69, 9.17) is 0 Å². The fourth-order valence-electron chi connectivity index (χ4n) is 2.40. The number of nitrogens with one attached hydrogen (secondary N) is 1. The molecule has 0 saturated heterocycles. The number of anilines is 1. The van der Waals surface area contributed by atoms with Crippen molar-refractivity contribution in [1.29, 1.82) is 0 Å². The molecule has 0 aliphatic rings. The van der Waals surface area contributed by atoms with Crippen molar-refractivity contribution >= 4 is 44.5 Å². The lowest BCUT2D eigenvalue weighted by molar-refractivity contribution is 0.103. The van der Waals surface area contributed by atoms with Gasteiger partial charge in [0.1, 0.15) is 9.88 Å². The molecule has 0 aliphatic carbocycles. The van der Waals surface area contributed by atoms with Crippen LogP contribution in [0.5, 0.6) is 0 Å². The number of thiazole rings is 2. The molecule has 4 rings (SSSR count). The predicted molar refractivity (Wildman–Crippen MR) is 99.9 cm³/mol. The molecule has 0 spiro atoms. The third kappa shape index (κ3) is 2.93. The van der Waals surface area contributed by atoms with Gasteiger partial charge < -0.3 is 5.32 Å². The molecule has 2 heterocycles. The smallest absolute Gasteiger partial charge is 0.267 e. The van der Waals surface area contributed by atoms with Crippen molar-refractivity contribution in [3.05, 3.63) is 64.6 Å². The first-order valence-corrected chi connectivity index (χ1v) is 9.02. The molecule has 24 heavy (non-hydrogen) atoms. The number of hydrogen-bond acceptors (Lipinski definition) is 5. The van der Waals surface area contributed by atoms with Gasteiger partial charge in [0, 0.05) is 11.3 Å². The van der Waals surface area contributed by atoms with Gasteiger partial charge in [0.2, 0.25) is 0 Å². The van der Waals surface area contributed by atoms with Crippen molar-refractivity contribution < 1.29 is 4.79 Å². The second-order valence-corrected chi connectivity index (χ2v) is 7.53. The Labute approximate surface area is 146 Å². The van der Waals surface area contributed by atoms with Crippen LogP contribution in [0, 0.1) is 6.92 Å². The predicted octanol–water partition coefficient (Wildman–Crippen LogP) is 4.98. The van der Waals surface area contributed by atoms with E-state index >= 15 is 0 Å². The molecule has 0 unspecified atom stereocenters. The standard InChI is InChI=1S/C18H13N3OS2/c1-11-20-14-8-7-13(9-15(14)23-11)21-17(22)16-10-19-18(24-16)12-5-3-2-4-6-12/h2-10H,1H3,(H,21,22). The molecule has 2 aromatic carbocycles. The molecule has 0 atom stereocenters. The zero-order chi connectivity index (χ0) is 16.5. The Morgan fingerprint density at radius 1 is 1.08 bits per heavy atom. The average molecular weight is 351 g/mol. The SMILES string of the molecule is Cc1nc2ccc(NC(=O)c3cnc(-c4ccccc4)s3)cc2s1. The van der Waals surface area contributed by atoms with Gasteiger partial charge in [0.15, 0.2) is 0 Å². The molecule has 0 aliphatic heterocycles. The highest BCUT2D eigenvalue weighted by Crippen LogP contribution is 2.27. The fraction of sp³-hybridized carbons (Fsp3) is 0.0556. The largest absolute Gasteiger partial charge is 0.321 e. The van der Waals surface area contributed by atoms with Crippen molar-refractivity contribution in [3.8, 4) is 10.6 Å². The van der Waals surface area contributed by atoms with Crippen molar-refractivity contribution in [3.63, 3.8) is 0 Å². The first-order chi connectivity index (χ1) is 11.7. The van der Waals surface area contributed by atoms with Crippen LogP contribution in [-0.4, -0.2) is 15.9 Å². The van der Waals surface area contributed by atoms with Gasteiger partial charge in [-0.3, -0.25) is 4.79 Å². The molecule has 0 bridgehead atoms. The molecular weight excluding hydrogens is 338 g/mol. The van der Waals surface area contributed by atoms with Crippen LogP contribution < -0.4 is 5.32 Å². The molecular formula is C18H13N3OS2.